The minimum absolute atomic E-state index is 0.104. The summed E-state index contributed by atoms with van der Waals surface area (Å²) in [5.74, 6) is -1.86. The molecular weight excluding hydrogens is 433 g/mol. The number of hydrogen-bond donors (Lipinski definition) is 3. The second-order valence-electron chi connectivity index (χ2n) is 8.64. The molecule has 4 N–H and O–H groups in total. The summed E-state index contributed by atoms with van der Waals surface area (Å²) in [5, 5.41) is 14.2. The second-order valence-corrected chi connectivity index (χ2v) is 8.64. The summed E-state index contributed by atoms with van der Waals surface area (Å²) in [6, 6.07) is 22.3. The Kier molecular flexibility index (Phi) is 7.05. The van der Waals surface area contributed by atoms with Crippen LogP contribution in [0.4, 0.5) is 4.39 Å². The van der Waals surface area contributed by atoms with Crippen molar-refractivity contribution in [2.24, 2.45) is 5.73 Å². The van der Waals surface area contributed by atoms with Crippen LogP contribution < -0.4 is 11.1 Å². The number of hydrogen-bond acceptors (Lipinski definition) is 4. The van der Waals surface area contributed by atoms with Gasteiger partial charge in [-0.05, 0) is 35.7 Å². The molecule has 1 heterocycles. The summed E-state index contributed by atoms with van der Waals surface area (Å²) >= 11 is 0. The normalized spacial score (nSPS) is 20.9. The van der Waals surface area contributed by atoms with Gasteiger partial charge in [0.05, 0.1) is 18.2 Å². The van der Waals surface area contributed by atoms with Gasteiger partial charge in [-0.25, -0.2) is 4.39 Å². The number of rotatable bonds is 6. The van der Waals surface area contributed by atoms with Crippen LogP contribution in [0.15, 0.2) is 84.9 Å². The van der Waals surface area contributed by atoms with Gasteiger partial charge in [-0.1, -0.05) is 72.8 Å². The van der Waals surface area contributed by atoms with Gasteiger partial charge >= 0.3 is 0 Å². The molecular formula is C27H28FN3O3. The number of carbonyl (C=O) groups excluding carboxylic acids is 2. The van der Waals surface area contributed by atoms with Crippen molar-refractivity contribution in [3.63, 3.8) is 0 Å². The first-order valence-electron chi connectivity index (χ1n) is 11.3. The van der Waals surface area contributed by atoms with Crippen molar-refractivity contribution in [3.8, 4) is 0 Å². The predicted molar refractivity (Wildman–Crippen MR) is 127 cm³/mol. The number of aliphatic hydroxyl groups is 1. The predicted octanol–water partition coefficient (Wildman–Crippen LogP) is 2.73. The van der Waals surface area contributed by atoms with E-state index in [9.17, 15) is 19.1 Å². The quantitative estimate of drug-likeness (QED) is 0.526. The summed E-state index contributed by atoms with van der Waals surface area (Å²) in [5.41, 5.74) is 8.24. The van der Waals surface area contributed by atoms with Crippen molar-refractivity contribution in [3.05, 3.63) is 107 Å². The lowest BCUT2D eigenvalue weighted by Crippen LogP contribution is -2.54. The lowest BCUT2D eigenvalue weighted by Gasteiger charge is -2.29. The van der Waals surface area contributed by atoms with Gasteiger partial charge in [0.25, 0.3) is 0 Å². The van der Waals surface area contributed by atoms with Gasteiger partial charge in [0.1, 0.15) is 11.9 Å². The topological polar surface area (TPSA) is 95.7 Å². The first-order valence-corrected chi connectivity index (χ1v) is 11.3. The highest BCUT2D eigenvalue weighted by molar-refractivity contribution is 5.91. The summed E-state index contributed by atoms with van der Waals surface area (Å²) in [4.78, 5) is 27.9. The lowest BCUT2D eigenvalue weighted by molar-refractivity contribution is -0.141. The number of carbonyl (C=O) groups is 2. The Hall–Kier alpha value is -3.55. The van der Waals surface area contributed by atoms with E-state index in [-0.39, 0.29) is 6.54 Å². The fourth-order valence-electron chi connectivity index (χ4n) is 4.51. The Bertz CT molecular complexity index is 1080. The fourth-order valence-corrected chi connectivity index (χ4v) is 4.51. The van der Waals surface area contributed by atoms with Crippen molar-refractivity contribution < 1.29 is 19.1 Å². The van der Waals surface area contributed by atoms with E-state index >= 15 is 0 Å². The first kappa shape index (κ1) is 23.6. The van der Waals surface area contributed by atoms with E-state index in [4.69, 9.17) is 5.73 Å². The molecule has 1 aliphatic heterocycles. The number of nitrogens with one attached hydrogen (secondary N) is 1. The summed E-state index contributed by atoms with van der Waals surface area (Å²) in [7, 11) is 0. The molecule has 7 heteroatoms. The molecule has 1 fully saturated rings. The molecule has 0 aliphatic carbocycles. The molecule has 0 spiro atoms. The molecule has 3 aromatic carbocycles. The number of likely N-dealkylation sites (tertiary alicyclic amines) is 1. The Morgan fingerprint density at radius 1 is 0.971 bits per heavy atom. The molecule has 0 unspecified atom stereocenters. The molecule has 3 aromatic rings. The van der Waals surface area contributed by atoms with Crippen LogP contribution in [0.3, 0.4) is 0 Å². The minimum atomic E-state index is -1.18. The summed E-state index contributed by atoms with van der Waals surface area (Å²) in [6.07, 6.45) is -1.18. The molecule has 1 saturated heterocycles. The molecule has 4 atom stereocenters. The minimum Gasteiger partial charge on any atom is -0.390 e. The van der Waals surface area contributed by atoms with Crippen LogP contribution >= 0.6 is 0 Å². The van der Waals surface area contributed by atoms with E-state index < -0.39 is 47.8 Å². The molecule has 0 saturated carbocycles. The maximum atomic E-state index is 13.6. The van der Waals surface area contributed by atoms with E-state index in [0.29, 0.717) is 5.56 Å². The third-order valence-corrected chi connectivity index (χ3v) is 6.26. The molecule has 176 valence electrons. The third-order valence-electron chi connectivity index (χ3n) is 6.26. The first-order chi connectivity index (χ1) is 16.4. The fraction of sp³-hybridized carbons (Fsp3) is 0.259. The van der Waals surface area contributed by atoms with Crippen molar-refractivity contribution in [2.45, 2.75) is 37.1 Å². The number of halogens is 1. The monoisotopic (exact) mass is 461 g/mol. The van der Waals surface area contributed by atoms with Crippen LogP contribution in [0.5, 0.6) is 0 Å². The van der Waals surface area contributed by atoms with Crippen LogP contribution in [0.25, 0.3) is 0 Å². The van der Waals surface area contributed by atoms with E-state index in [2.05, 4.69) is 5.32 Å². The number of benzene rings is 3. The van der Waals surface area contributed by atoms with Gasteiger partial charge in [0, 0.05) is 12.5 Å². The summed E-state index contributed by atoms with van der Waals surface area (Å²) < 4.78 is 13.4. The standard InChI is InChI=1S/C27H28FN3O3/c1-17(29)27(34)31-16-22(18-12-14-21(28)15-13-18)25(32)24(31)26(33)30-23(19-8-4-2-5-9-19)20-10-6-3-7-11-20/h2-15,17,22-25,32H,16,29H2,1H3,(H,30,33)/t17-,22+,24-,25+/m0/s1. The lowest BCUT2D eigenvalue weighted by atomic mass is 9.92. The molecule has 0 aromatic heterocycles. The summed E-state index contributed by atoms with van der Waals surface area (Å²) in [6.45, 7) is 1.65. The van der Waals surface area contributed by atoms with E-state index in [1.165, 1.54) is 17.0 Å². The maximum absolute atomic E-state index is 13.6. The highest BCUT2D eigenvalue weighted by Gasteiger charge is 2.48. The zero-order chi connectivity index (χ0) is 24.2. The largest absolute Gasteiger partial charge is 0.390 e. The van der Waals surface area contributed by atoms with Gasteiger partial charge in [0.15, 0.2) is 0 Å². The highest BCUT2D eigenvalue weighted by atomic mass is 19.1. The number of nitrogens with zero attached hydrogens (tertiary/aromatic N) is 1. The molecule has 0 bridgehead atoms. The molecule has 6 nitrogen and oxygen atoms in total. The van der Waals surface area contributed by atoms with Crippen LogP contribution in [0, 0.1) is 5.82 Å². The third kappa shape index (κ3) is 4.85. The van der Waals surface area contributed by atoms with Crippen molar-refractivity contribution in [1.82, 2.24) is 10.2 Å². The van der Waals surface area contributed by atoms with E-state index in [0.717, 1.165) is 11.1 Å². The van der Waals surface area contributed by atoms with Crippen LogP contribution in [-0.2, 0) is 9.59 Å². The average molecular weight is 462 g/mol. The van der Waals surface area contributed by atoms with Gasteiger partial charge in [0.2, 0.25) is 11.8 Å². The van der Waals surface area contributed by atoms with Gasteiger partial charge in [-0.3, -0.25) is 9.59 Å². The van der Waals surface area contributed by atoms with Gasteiger partial charge in [-0.2, -0.15) is 0 Å². The molecule has 2 amide bonds. The zero-order valence-corrected chi connectivity index (χ0v) is 18.8. The SMILES string of the molecule is C[C@H](N)C(=O)N1C[C@H](c2ccc(F)cc2)[C@@H](O)[C@H]1C(=O)NC(c1ccccc1)c1ccccc1. The van der Waals surface area contributed by atoms with Crippen molar-refractivity contribution in [1.29, 1.82) is 0 Å². The number of amides is 2. The molecule has 4 rings (SSSR count). The van der Waals surface area contributed by atoms with E-state index in [1.807, 2.05) is 60.7 Å². The van der Waals surface area contributed by atoms with Crippen molar-refractivity contribution >= 4 is 11.8 Å². The number of aliphatic hydroxyl groups excluding tert-OH is 1. The Morgan fingerprint density at radius 2 is 1.50 bits per heavy atom. The van der Waals surface area contributed by atoms with Crippen LogP contribution in [0.2, 0.25) is 0 Å². The van der Waals surface area contributed by atoms with E-state index in [1.54, 1.807) is 19.1 Å². The highest BCUT2D eigenvalue weighted by Crippen LogP contribution is 2.34. The maximum Gasteiger partial charge on any atom is 0.246 e. The molecule has 1 aliphatic rings. The average Bonchev–Trinajstić information content (AvgIpc) is 3.20. The smallest absolute Gasteiger partial charge is 0.246 e. The van der Waals surface area contributed by atoms with Gasteiger partial charge < -0.3 is 21.1 Å². The molecule has 0 radical (unpaired) electrons. The Balaban J connectivity index is 1.66. The second kappa shape index (κ2) is 10.2. The number of nitrogens with two attached hydrogens (primary N) is 1. The van der Waals surface area contributed by atoms with Crippen LogP contribution in [0.1, 0.15) is 35.6 Å². The Morgan fingerprint density at radius 3 is 2.00 bits per heavy atom. The zero-order valence-electron chi connectivity index (χ0n) is 18.8. The van der Waals surface area contributed by atoms with Crippen LogP contribution in [-0.4, -0.2) is 46.6 Å². The van der Waals surface area contributed by atoms with Gasteiger partial charge in [-0.15, -0.1) is 0 Å². The molecule has 34 heavy (non-hydrogen) atoms. The van der Waals surface area contributed by atoms with Crippen molar-refractivity contribution in [2.75, 3.05) is 6.54 Å². The Labute approximate surface area is 198 Å².